The maximum Gasteiger partial charge on any atom is 0.142 e. The van der Waals surface area contributed by atoms with Crippen LogP contribution in [0.3, 0.4) is 0 Å². The molecule has 0 amide bonds. The van der Waals surface area contributed by atoms with Crippen LogP contribution in [0.2, 0.25) is 0 Å². The Bertz CT molecular complexity index is 379. The zero-order chi connectivity index (χ0) is 11.1. The lowest BCUT2D eigenvalue weighted by atomic mass is 10.2. The van der Waals surface area contributed by atoms with Crippen molar-refractivity contribution in [3.8, 4) is 17.6 Å². The van der Waals surface area contributed by atoms with Gasteiger partial charge in [-0.05, 0) is 19.1 Å². The van der Waals surface area contributed by atoms with Crippen molar-refractivity contribution in [3.63, 3.8) is 0 Å². The molecule has 0 atom stereocenters. The summed E-state index contributed by atoms with van der Waals surface area (Å²) < 4.78 is 18.6. The molecule has 0 aliphatic carbocycles. The molecule has 1 rings (SSSR count). The smallest absolute Gasteiger partial charge is 0.142 e. The molecule has 0 radical (unpaired) electrons. The van der Waals surface area contributed by atoms with Crippen molar-refractivity contribution in [1.82, 2.24) is 0 Å². The van der Waals surface area contributed by atoms with Crippen LogP contribution < -0.4 is 4.74 Å². The van der Waals surface area contributed by atoms with Crippen LogP contribution in [0, 0.1) is 17.7 Å². The molecule has 0 bridgehead atoms. The van der Waals surface area contributed by atoms with E-state index in [1.165, 1.54) is 6.07 Å². The van der Waals surface area contributed by atoms with Crippen molar-refractivity contribution < 1.29 is 9.13 Å². The SMILES string of the molecule is CCOc1ccc(C#CCCS)c(F)c1. The van der Waals surface area contributed by atoms with E-state index in [4.69, 9.17) is 4.74 Å². The van der Waals surface area contributed by atoms with Gasteiger partial charge in [0.2, 0.25) is 0 Å². The lowest BCUT2D eigenvalue weighted by Gasteiger charge is -2.02. The minimum atomic E-state index is -0.340. The third-order valence-corrected chi connectivity index (χ3v) is 1.94. The summed E-state index contributed by atoms with van der Waals surface area (Å²) in [6.45, 7) is 2.39. The molecule has 80 valence electrons. The normalized spacial score (nSPS) is 9.27. The third-order valence-electron chi connectivity index (χ3n) is 1.71. The predicted octanol–water partition coefficient (Wildman–Crippen LogP) is 2.90. The van der Waals surface area contributed by atoms with Gasteiger partial charge in [0.25, 0.3) is 0 Å². The van der Waals surface area contributed by atoms with Crippen molar-refractivity contribution in [1.29, 1.82) is 0 Å². The van der Waals surface area contributed by atoms with Gasteiger partial charge in [-0.15, -0.1) is 0 Å². The Kier molecular flexibility index (Phi) is 5.06. The van der Waals surface area contributed by atoms with E-state index in [9.17, 15) is 4.39 Å². The lowest BCUT2D eigenvalue weighted by molar-refractivity contribution is 0.338. The molecule has 0 fully saturated rings. The lowest BCUT2D eigenvalue weighted by Crippen LogP contribution is -1.93. The first-order valence-corrected chi connectivity index (χ1v) is 5.43. The van der Waals surface area contributed by atoms with Crippen molar-refractivity contribution >= 4 is 12.6 Å². The minimum absolute atomic E-state index is 0.340. The second-order valence-electron chi connectivity index (χ2n) is 2.85. The molecule has 0 N–H and O–H groups in total. The number of hydrogen-bond acceptors (Lipinski definition) is 2. The Morgan fingerprint density at radius 2 is 2.27 bits per heavy atom. The van der Waals surface area contributed by atoms with E-state index in [2.05, 4.69) is 24.5 Å². The number of thiol groups is 1. The fourth-order valence-electron chi connectivity index (χ4n) is 1.07. The molecule has 0 unspecified atom stereocenters. The number of ether oxygens (including phenoxy) is 1. The second-order valence-corrected chi connectivity index (χ2v) is 3.30. The molecule has 0 aromatic heterocycles. The van der Waals surface area contributed by atoms with E-state index in [0.29, 0.717) is 30.1 Å². The quantitative estimate of drug-likeness (QED) is 0.613. The maximum atomic E-state index is 13.4. The summed E-state index contributed by atoms with van der Waals surface area (Å²) in [7, 11) is 0. The average molecular weight is 224 g/mol. The number of benzene rings is 1. The standard InChI is InChI=1S/C12H13FOS/c1-2-14-11-7-6-10(12(13)9-11)5-3-4-8-15/h6-7,9,15H,2,4,8H2,1H3. The highest BCUT2D eigenvalue weighted by atomic mass is 32.1. The van der Waals surface area contributed by atoms with Crippen LogP contribution in [0.5, 0.6) is 5.75 Å². The Hall–Kier alpha value is -1.14. The summed E-state index contributed by atoms with van der Waals surface area (Å²) in [5.74, 6) is 6.47. The summed E-state index contributed by atoms with van der Waals surface area (Å²) in [5.41, 5.74) is 0.403. The molecule has 3 heteroatoms. The zero-order valence-corrected chi connectivity index (χ0v) is 9.48. The zero-order valence-electron chi connectivity index (χ0n) is 8.59. The molecule has 1 nitrogen and oxygen atoms in total. The van der Waals surface area contributed by atoms with E-state index in [1.807, 2.05) is 6.92 Å². The van der Waals surface area contributed by atoms with Crippen LogP contribution in [0.15, 0.2) is 18.2 Å². The van der Waals surface area contributed by atoms with Gasteiger partial charge >= 0.3 is 0 Å². The molecular weight excluding hydrogens is 211 g/mol. The van der Waals surface area contributed by atoms with Crippen LogP contribution in [0.25, 0.3) is 0 Å². The van der Waals surface area contributed by atoms with Gasteiger partial charge < -0.3 is 4.74 Å². The fourth-order valence-corrected chi connectivity index (χ4v) is 1.18. The highest BCUT2D eigenvalue weighted by Gasteiger charge is 2.00. The van der Waals surface area contributed by atoms with E-state index >= 15 is 0 Å². The first-order valence-electron chi connectivity index (χ1n) is 4.80. The van der Waals surface area contributed by atoms with E-state index < -0.39 is 0 Å². The second kappa shape index (κ2) is 6.36. The van der Waals surface area contributed by atoms with Crippen molar-refractivity contribution in [2.45, 2.75) is 13.3 Å². The molecule has 0 heterocycles. The average Bonchev–Trinajstić information content (AvgIpc) is 2.22. The van der Waals surface area contributed by atoms with Crippen LogP contribution in [0.1, 0.15) is 18.9 Å². The highest BCUT2D eigenvalue weighted by Crippen LogP contribution is 2.15. The summed E-state index contributed by atoms with van der Waals surface area (Å²) in [6.07, 6.45) is 0.662. The van der Waals surface area contributed by atoms with Gasteiger partial charge in [0.15, 0.2) is 0 Å². The molecule has 1 aromatic carbocycles. The third kappa shape index (κ3) is 3.85. The van der Waals surface area contributed by atoms with Crippen LogP contribution in [0.4, 0.5) is 4.39 Å². The molecule has 1 aromatic rings. The topological polar surface area (TPSA) is 9.23 Å². The molecule has 15 heavy (non-hydrogen) atoms. The van der Waals surface area contributed by atoms with Crippen LogP contribution in [-0.4, -0.2) is 12.4 Å². The van der Waals surface area contributed by atoms with Crippen molar-refractivity contribution in [2.24, 2.45) is 0 Å². The molecule has 0 aliphatic heterocycles. The first-order chi connectivity index (χ1) is 7.27. The van der Waals surface area contributed by atoms with Crippen molar-refractivity contribution in [3.05, 3.63) is 29.6 Å². The molecule has 0 aliphatic rings. The van der Waals surface area contributed by atoms with E-state index in [0.717, 1.165) is 0 Å². The van der Waals surface area contributed by atoms with E-state index in [-0.39, 0.29) is 5.82 Å². The Morgan fingerprint density at radius 1 is 1.47 bits per heavy atom. The van der Waals surface area contributed by atoms with Gasteiger partial charge in [-0.2, -0.15) is 12.6 Å². The maximum absolute atomic E-state index is 13.4. The van der Waals surface area contributed by atoms with Gasteiger partial charge in [-0.3, -0.25) is 0 Å². The molecule has 0 spiro atoms. The monoisotopic (exact) mass is 224 g/mol. The fraction of sp³-hybridized carbons (Fsp3) is 0.333. The van der Waals surface area contributed by atoms with Gasteiger partial charge in [0.05, 0.1) is 12.2 Å². The summed E-state index contributed by atoms with van der Waals surface area (Å²) in [5, 5.41) is 0. The highest BCUT2D eigenvalue weighted by molar-refractivity contribution is 7.80. The van der Waals surface area contributed by atoms with Gasteiger partial charge in [0, 0.05) is 18.2 Å². The Balaban J connectivity index is 2.80. The van der Waals surface area contributed by atoms with Gasteiger partial charge in [0.1, 0.15) is 11.6 Å². The number of hydrogen-bond donors (Lipinski definition) is 1. The molecule has 0 saturated heterocycles. The van der Waals surface area contributed by atoms with Crippen LogP contribution >= 0.6 is 12.6 Å². The summed E-state index contributed by atoms with van der Waals surface area (Å²) >= 11 is 4.02. The van der Waals surface area contributed by atoms with E-state index in [1.54, 1.807) is 12.1 Å². The van der Waals surface area contributed by atoms with Crippen molar-refractivity contribution in [2.75, 3.05) is 12.4 Å². The Labute approximate surface area is 95.1 Å². The minimum Gasteiger partial charge on any atom is -0.494 e. The van der Waals surface area contributed by atoms with Gasteiger partial charge in [-0.1, -0.05) is 11.8 Å². The Morgan fingerprint density at radius 3 is 2.87 bits per heavy atom. The molecule has 0 saturated carbocycles. The number of rotatable bonds is 3. The molecular formula is C12H13FOS. The largest absolute Gasteiger partial charge is 0.494 e. The summed E-state index contributed by atoms with van der Waals surface area (Å²) in [4.78, 5) is 0. The summed E-state index contributed by atoms with van der Waals surface area (Å²) in [6, 6.07) is 4.71. The van der Waals surface area contributed by atoms with Crippen LogP contribution in [-0.2, 0) is 0 Å². The first kappa shape index (κ1) is 11.9. The van der Waals surface area contributed by atoms with Gasteiger partial charge in [-0.25, -0.2) is 4.39 Å². The number of halogens is 1. The predicted molar refractivity (Wildman–Crippen MR) is 62.9 cm³/mol.